The molecular weight excluding hydrogens is 418 g/mol. The minimum atomic E-state index is -0.716. The predicted molar refractivity (Wildman–Crippen MR) is 122 cm³/mol. The minimum Gasteiger partial charge on any atom is -0.493 e. The van der Waals surface area contributed by atoms with Gasteiger partial charge >= 0.3 is 0 Å². The first-order chi connectivity index (χ1) is 14.8. The van der Waals surface area contributed by atoms with Crippen LogP contribution in [-0.4, -0.2) is 44.5 Å². The fourth-order valence-corrected chi connectivity index (χ4v) is 3.00. The van der Waals surface area contributed by atoms with Gasteiger partial charge in [0.05, 0.1) is 19.3 Å². The average molecular weight is 450 g/mol. The second-order valence-electron chi connectivity index (χ2n) is 7.63. The van der Waals surface area contributed by atoms with Crippen LogP contribution in [0.3, 0.4) is 0 Å². The third-order valence-corrected chi connectivity index (χ3v) is 4.50. The zero-order valence-electron chi connectivity index (χ0n) is 18.8. The predicted octanol–water partition coefficient (Wildman–Crippen LogP) is 4.67. The van der Waals surface area contributed by atoms with Crippen LogP contribution in [0.1, 0.15) is 33.3 Å². The first kappa shape index (κ1) is 24.8. The van der Waals surface area contributed by atoms with Crippen LogP contribution in [0.4, 0.5) is 0 Å². The zero-order valence-corrected chi connectivity index (χ0v) is 19.6. The Morgan fingerprint density at radius 3 is 2.32 bits per heavy atom. The number of nitrogens with one attached hydrogen (secondary N) is 1. The largest absolute Gasteiger partial charge is 0.493 e. The highest BCUT2D eigenvalue weighted by molar-refractivity contribution is 6.30. The Morgan fingerprint density at radius 1 is 1.00 bits per heavy atom. The van der Waals surface area contributed by atoms with Gasteiger partial charge in [0.1, 0.15) is 12.4 Å². The van der Waals surface area contributed by atoms with Gasteiger partial charge < -0.3 is 24.3 Å². The van der Waals surface area contributed by atoms with Crippen LogP contribution in [0.5, 0.6) is 17.2 Å². The Bertz CT molecular complexity index is 823. The van der Waals surface area contributed by atoms with E-state index < -0.39 is 6.10 Å². The summed E-state index contributed by atoms with van der Waals surface area (Å²) in [6.07, 6.45) is -0.113. The molecule has 0 saturated carbocycles. The maximum absolute atomic E-state index is 12.7. The first-order valence-electron chi connectivity index (χ1n) is 10.4. The van der Waals surface area contributed by atoms with E-state index >= 15 is 0 Å². The van der Waals surface area contributed by atoms with Crippen LogP contribution in [0.2, 0.25) is 5.02 Å². The lowest BCUT2D eigenvalue weighted by Crippen LogP contribution is -2.42. The molecule has 2 aromatic rings. The molecule has 6 nitrogen and oxygen atoms in total. The third-order valence-electron chi connectivity index (χ3n) is 4.25. The number of ether oxygens (including phenoxy) is 4. The van der Waals surface area contributed by atoms with Gasteiger partial charge in [0.2, 0.25) is 0 Å². The Kier molecular flexibility index (Phi) is 9.95. The molecule has 0 aliphatic rings. The fraction of sp³-hybridized carbons (Fsp3) is 0.458. The number of methoxy groups -OCH3 is 1. The lowest BCUT2D eigenvalue weighted by atomic mass is 10.1. The Morgan fingerprint density at radius 2 is 1.71 bits per heavy atom. The van der Waals surface area contributed by atoms with E-state index in [9.17, 15) is 4.79 Å². The summed E-state index contributed by atoms with van der Waals surface area (Å²) >= 11 is 5.89. The molecular formula is C24H32ClNO5. The molecule has 7 heteroatoms. The summed E-state index contributed by atoms with van der Waals surface area (Å²) in [6.45, 7) is 8.28. The molecule has 31 heavy (non-hydrogen) atoms. The lowest BCUT2D eigenvalue weighted by molar-refractivity contribution is -0.137. The SMILES string of the molecule is COc1cc(CCNC(=O)[C@H](COc2ccc(Cl)cc2)OC(C)C)ccc1OC(C)C. The van der Waals surface area contributed by atoms with E-state index in [-0.39, 0.29) is 24.7 Å². The number of carbonyl (C=O) groups is 1. The summed E-state index contributed by atoms with van der Waals surface area (Å²) in [6, 6.07) is 12.8. The second kappa shape index (κ2) is 12.4. The van der Waals surface area contributed by atoms with Crippen molar-refractivity contribution in [3.8, 4) is 17.2 Å². The molecule has 1 atom stereocenters. The maximum atomic E-state index is 12.7. The van der Waals surface area contributed by atoms with Crippen molar-refractivity contribution in [3.63, 3.8) is 0 Å². The molecule has 0 saturated heterocycles. The summed E-state index contributed by atoms with van der Waals surface area (Å²) in [4.78, 5) is 12.7. The number of hydrogen-bond donors (Lipinski definition) is 1. The molecule has 2 aromatic carbocycles. The minimum absolute atomic E-state index is 0.0621. The summed E-state index contributed by atoms with van der Waals surface area (Å²) in [5.41, 5.74) is 1.03. The molecule has 2 rings (SSSR count). The van der Waals surface area contributed by atoms with E-state index in [0.717, 1.165) is 5.56 Å². The molecule has 0 bridgehead atoms. The lowest BCUT2D eigenvalue weighted by Gasteiger charge is -2.20. The van der Waals surface area contributed by atoms with Gasteiger partial charge in [-0.05, 0) is 76.1 Å². The van der Waals surface area contributed by atoms with E-state index in [0.29, 0.717) is 35.2 Å². The van der Waals surface area contributed by atoms with Crippen molar-refractivity contribution in [3.05, 3.63) is 53.1 Å². The van der Waals surface area contributed by atoms with Crippen molar-refractivity contribution in [2.45, 2.75) is 52.4 Å². The third kappa shape index (κ3) is 8.67. The Balaban J connectivity index is 1.90. The van der Waals surface area contributed by atoms with Crippen molar-refractivity contribution >= 4 is 17.5 Å². The maximum Gasteiger partial charge on any atom is 0.252 e. The monoisotopic (exact) mass is 449 g/mol. The number of benzene rings is 2. The standard InChI is InChI=1S/C24H32ClNO5/c1-16(2)30-21-11-6-18(14-22(21)28-5)12-13-26-24(27)23(31-17(3)4)15-29-20-9-7-19(25)8-10-20/h6-11,14,16-17,23H,12-13,15H2,1-5H3,(H,26,27)/t23-/m0/s1. The van der Waals surface area contributed by atoms with Crippen molar-refractivity contribution in [1.29, 1.82) is 0 Å². The van der Waals surface area contributed by atoms with Gasteiger partial charge in [-0.1, -0.05) is 17.7 Å². The summed E-state index contributed by atoms with van der Waals surface area (Å²) in [5, 5.41) is 3.55. The van der Waals surface area contributed by atoms with Gasteiger partial charge in [-0.2, -0.15) is 0 Å². The van der Waals surface area contributed by atoms with Crippen molar-refractivity contribution in [2.24, 2.45) is 0 Å². The van der Waals surface area contributed by atoms with Crippen LogP contribution in [0, 0.1) is 0 Å². The summed E-state index contributed by atoms with van der Waals surface area (Å²) < 4.78 is 22.6. The van der Waals surface area contributed by atoms with Gasteiger partial charge in [-0.25, -0.2) is 0 Å². The van der Waals surface area contributed by atoms with Crippen molar-refractivity contribution in [2.75, 3.05) is 20.3 Å². The topological polar surface area (TPSA) is 66.0 Å². The number of rotatable bonds is 12. The molecule has 0 spiro atoms. The highest BCUT2D eigenvalue weighted by Crippen LogP contribution is 2.29. The van der Waals surface area contributed by atoms with E-state index in [1.807, 2.05) is 45.9 Å². The van der Waals surface area contributed by atoms with E-state index in [1.165, 1.54) is 0 Å². The molecule has 0 aliphatic heterocycles. The number of halogens is 1. The molecule has 170 valence electrons. The van der Waals surface area contributed by atoms with Crippen LogP contribution in [0.15, 0.2) is 42.5 Å². The normalized spacial score (nSPS) is 12.0. The van der Waals surface area contributed by atoms with E-state index in [4.69, 9.17) is 30.5 Å². The molecule has 0 unspecified atom stereocenters. The van der Waals surface area contributed by atoms with E-state index in [2.05, 4.69) is 5.32 Å². The van der Waals surface area contributed by atoms with Crippen LogP contribution >= 0.6 is 11.6 Å². The van der Waals surface area contributed by atoms with Crippen LogP contribution < -0.4 is 19.5 Å². The van der Waals surface area contributed by atoms with Crippen molar-refractivity contribution < 1.29 is 23.7 Å². The smallest absolute Gasteiger partial charge is 0.252 e. The first-order valence-corrected chi connectivity index (χ1v) is 10.8. The quantitative estimate of drug-likeness (QED) is 0.510. The number of amides is 1. The zero-order chi connectivity index (χ0) is 22.8. The van der Waals surface area contributed by atoms with Crippen molar-refractivity contribution in [1.82, 2.24) is 5.32 Å². The Hall–Kier alpha value is -2.44. The van der Waals surface area contributed by atoms with Gasteiger partial charge in [-0.15, -0.1) is 0 Å². The number of carbonyl (C=O) groups excluding carboxylic acids is 1. The molecule has 0 radical (unpaired) electrons. The highest BCUT2D eigenvalue weighted by Gasteiger charge is 2.21. The molecule has 1 N–H and O–H groups in total. The van der Waals surface area contributed by atoms with Crippen LogP contribution in [-0.2, 0) is 16.0 Å². The molecule has 1 amide bonds. The highest BCUT2D eigenvalue weighted by atomic mass is 35.5. The van der Waals surface area contributed by atoms with Gasteiger partial charge in [0.15, 0.2) is 17.6 Å². The van der Waals surface area contributed by atoms with Gasteiger partial charge in [0, 0.05) is 11.6 Å². The van der Waals surface area contributed by atoms with Gasteiger partial charge in [0.25, 0.3) is 5.91 Å². The molecule has 0 fully saturated rings. The van der Waals surface area contributed by atoms with E-state index in [1.54, 1.807) is 31.4 Å². The van der Waals surface area contributed by atoms with Gasteiger partial charge in [-0.3, -0.25) is 4.79 Å². The summed E-state index contributed by atoms with van der Waals surface area (Å²) in [7, 11) is 1.61. The fourth-order valence-electron chi connectivity index (χ4n) is 2.87. The number of hydrogen-bond acceptors (Lipinski definition) is 5. The molecule has 0 aliphatic carbocycles. The Labute approximate surface area is 189 Å². The average Bonchev–Trinajstić information content (AvgIpc) is 2.72. The molecule has 0 heterocycles. The summed E-state index contributed by atoms with van der Waals surface area (Å²) in [5.74, 6) is 1.80. The second-order valence-corrected chi connectivity index (χ2v) is 8.07. The molecule has 0 aromatic heterocycles. The van der Waals surface area contributed by atoms with Crippen LogP contribution in [0.25, 0.3) is 0 Å².